The lowest BCUT2D eigenvalue weighted by molar-refractivity contribution is -0.274. The predicted octanol–water partition coefficient (Wildman–Crippen LogP) is 6.17. The minimum Gasteiger partial charge on any atom is -0.496 e. The third-order valence-corrected chi connectivity index (χ3v) is 5.44. The molecule has 3 aromatic rings. The lowest BCUT2D eigenvalue weighted by Gasteiger charge is -2.12. The normalized spacial score (nSPS) is 16.3. The van der Waals surface area contributed by atoms with Crippen LogP contribution in [0.4, 0.5) is 26.3 Å². The van der Waals surface area contributed by atoms with E-state index in [9.17, 15) is 26.3 Å². The Morgan fingerprint density at radius 1 is 0.939 bits per heavy atom. The number of alkyl halides is 6. The van der Waals surface area contributed by atoms with Crippen LogP contribution < -0.4 is 9.47 Å². The second-order valence-corrected chi connectivity index (χ2v) is 8.07. The number of para-hydroxylation sites is 1. The van der Waals surface area contributed by atoms with Crippen LogP contribution >= 0.6 is 0 Å². The number of benzene rings is 1. The summed E-state index contributed by atoms with van der Waals surface area (Å²) in [6, 6.07) is 7.64. The molecule has 5 nitrogen and oxygen atoms in total. The van der Waals surface area contributed by atoms with Gasteiger partial charge in [0.1, 0.15) is 22.9 Å². The van der Waals surface area contributed by atoms with Gasteiger partial charge in [0.25, 0.3) is 0 Å². The van der Waals surface area contributed by atoms with E-state index in [2.05, 4.69) is 14.9 Å². The molecule has 0 radical (unpaired) electrons. The third-order valence-electron chi connectivity index (χ3n) is 5.44. The molecule has 0 aliphatic heterocycles. The highest BCUT2D eigenvalue weighted by Crippen LogP contribution is 2.45. The monoisotopic (exact) mass is 473 g/mol. The van der Waals surface area contributed by atoms with Gasteiger partial charge in [-0.15, -0.1) is 23.4 Å². The van der Waals surface area contributed by atoms with Crippen molar-refractivity contribution in [3.05, 3.63) is 53.5 Å². The summed E-state index contributed by atoms with van der Waals surface area (Å²) in [6.07, 6.45) is -2.78. The fourth-order valence-electron chi connectivity index (χ4n) is 3.57. The second kappa shape index (κ2) is 8.75. The smallest absolute Gasteiger partial charge is 0.496 e. The topological polar surface area (TPSA) is 48.7 Å². The van der Waals surface area contributed by atoms with E-state index in [1.807, 2.05) is 0 Å². The van der Waals surface area contributed by atoms with E-state index in [-0.39, 0.29) is 23.1 Å². The Kier molecular flexibility index (Phi) is 6.15. The molecule has 2 saturated carbocycles. The molecule has 0 atom stereocenters. The van der Waals surface area contributed by atoms with Crippen LogP contribution in [0.1, 0.15) is 48.6 Å². The highest BCUT2D eigenvalue weighted by molar-refractivity contribution is 5.56. The number of methoxy groups -OCH3 is 1. The summed E-state index contributed by atoms with van der Waals surface area (Å²) in [7, 11) is 1.21. The van der Waals surface area contributed by atoms with Gasteiger partial charge in [0.15, 0.2) is 5.65 Å². The van der Waals surface area contributed by atoms with Crippen LogP contribution in [0.3, 0.4) is 0 Å². The van der Waals surface area contributed by atoms with Gasteiger partial charge in [-0.25, -0.2) is 0 Å². The maximum absolute atomic E-state index is 13.1. The molecule has 0 bridgehead atoms. The van der Waals surface area contributed by atoms with Crippen molar-refractivity contribution in [1.82, 2.24) is 14.6 Å². The second-order valence-electron chi connectivity index (χ2n) is 8.07. The van der Waals surface area contributed by atoms with Crippen LogP contribution in [0, 0.1) is 5.92 Å². The Morgan fingerprint density at radius 3 is 2.21 bits per heavy atom. The highest BCUT2D eigenvalue weighted by atomic mass is 19.4. The largest absolute Gasteiger partial charge is 0.573 e. The summed E-state index contributed by atoms with van der Waals surface area (Å²) in [4.78, 5) is 0. The number of fused-ring (bicyclic) bond motifs is 1. The Labute approximate surface area is 185 Å². The van der Waals surface area contributed by atoms with Gasteiger partial charge in [-0.2, -0.15) is 13.2 Å². The molecule has 2 aromatic heterocycles. The molecule has 0 saturated heterocycles. The molecule has 5 rings (SSSR count). The molecule has 33 heavy (non-hydrogen) atoms. The molecule has 2 fully saturated rings. The Hall–Kier alpha value is -2.98. The van der Waals surface area contributed by atoms with Crippen LogP contribution in [-0.4, -0.2) is 28.1 Å². The minimum atomic E-state index is -4.59. The van der Waals surface area contributed by atoms with E-state index in [0.717, 1.165) is 25.7 Å². The van der Waals surface area contributed by atoms with Gasteiger partial charge in [0.05, 0.1) is 7.11 Å². The first-order chi connectivity index (χ1) is 15.6. The average molecular weight is 473 g/mol. The Bertz CT molecular complexity index is 1120. The van der Waals surface area contributed by atoms with Crippen molar-refractivity contribution in [2.24, 2.45) is 5.92 Å². The van der Waals surface area contributed by atoms with E-state index in [1.165, 1.54) is 29.8 Å². The Morgan fingerprint density at radius 2 is 1.64 bits per heavy atom. The number of halogens is 6. The van der Waals surface area contributed by atoms with Gasteiger partial charge in [-0.3, -0.25) is 4.40 Å². The quantitative estimate of drug-likeness (QED) is 0.416. The van der Waals surface area contributed by atoms with Crippen LogP contribution in [0.25, 0.3) is 5.65 Å². The Balaban J connectivity index is 0.000000165. The molecular weight excluding hydrogens is 452 g/mol. The van der Waals surface area contributed by atoms with E-state index >= 15 is 0 Å². The van der Waals surface area contributed by atoms with Crippen molar-refractivity contribution in [2.45, 2.75) is 50.6 Å². The number of pyridine rings is 1. The number of aromatic nitrogens is 3. The maximum Gasteiger partial charge on any atom is 0.573 e. The number of ether oxygens (including phenoxy) is 2. The fourth-order valence-corrected chi connectivity index (χ4v) is 3.57. The van der Waals surface area contributed by atoms with Gasteiger partial charge in [0, 0.05) is 12.6 Å². The van der Waals surface area contributed by atoms with E-state index in [1.54, 1.807) is 18.2 Å². The molecule has 2 aliphatic carbocycles. The van der Waals surface area contributed by atoms with Crippen molar-refractivity contribution in [3.8, 4) is 11.5 Å². The molecular formula is C22H21F6N3O2. The fraction of sp³-hybridized carbons (Fsp3) is 0.455. The van der Waals surface area contributed by atoms with E-state index in [4.69, 9.17) is 4.74 Å². The molecule has 1 aromatic carbocycles. The first-order valence-electron chi connectivity index (χ1n) is 10.4. The van der Waals surface area contributed by atoms with Crippen LogP contribution in [0.15, 0.2) is 36.5 Å². The number of hydrogen-bond donors (Lipinski definition) is 0. The molecule has 0 spiro atoms. The zero-order valence-corrected chi connectivity index (χ0v) is 17.6. The minimum absolute atomic E-state index is 0.0532. The van der Waals surface area contributed by atoms with Gasteiger partial charge in [-0.1, -0.05) is 18.2 Å². The summed E-state index contributed by atoms with van der Waals surface area (Å²) >= 11 is 0. The van der Waals surface area contributed by atoms with Crippen molar-refractivity contribution in [1.29, 1.82) is 0 Å². The molecule has 178 valence electrons. The lowest BCUT2D eigenvalue weighted by Crippen LogP contribution is -2.17. The summed E-state index contributed by atoms with van der Waals surface area (Å²) in [5.41, 5.74) is -0.389. The number of nitrogens with zero attached hydrogens (tertiary/aromatic N) is 3. The summed E-state index contributed by atoms with van der Waals surface area (Å²) < 4.78 is 85.3. The number of hydrogen-bond acceptors (Lipinski definition) is 4. The van der Waals surface area contributed by atoms with Gasteiger partial charge >= 0.3 is 12.5 Å². The van der Waals surface area contributed by atoms with E-state index < -0.39 is 18.1 Å². The highest BCUT2D eigenvalue weighted by Gasteiger charge is 2.39. The van der Waals surface area contributed by atoms with Gasteiger partial charge < -0.3 is 9.47 Å². The summed E-state index contributed by atoms with van der Waals surface area (Å²) in [6.45, 7) is 0. The zero-order valence-electron chi connectivity index (χ0n) is 17.6. The molecule has 0 amide bonds. The first kappa shape index (κ1) is 23.2. The standard InChI is InChI=1S/C12H12F3N3O.C10H9F3O/c1-19-8-4-5-18-9(6-7-2-3-7)16-17-11(18)10(8)12(13,14)15;11-10(12,13)14-9-4-2-1-3-8(9)7-5-6-7/h4-5,7H,2-3,6H2,1H3;1-4,7H,5-6H2. The predicted molar refractivity (Wildman–Crippen MR) is 106 cm³/mol. The van der Waals surface area contributed by atoms with Crippen LogP contribution in [-0.2, 0) is 12.6 Å². The van der Waals surface area contributed by atoms with Crippen molar-refractivity contribution >= 4 is 5.65 Å². The SMILES string of the molecule is COc1ccn2c(CC3CC3)nnc2c1C(F)(F)F.FC(F)(F)Oc1ccccc1C1CC1. The molecule has 0 N–H and O–H groups in total. The molecule has 2 aliphatic rings. The third kappa shape index (κ3) is 5.69. The summed E-state index contributed by atoms with van der Waals surface area (Å²) in [5, 5.41) is 7.57. The average Bonchev–Trinajstić information content (AvgIpc) is 3.65. The van der Waals surface area contributed by atoms with Gasteiger partial charge in [0.2, 0.25) is 0 Å². The van der Waals surface area contributed by atoms with Crippen molar-refractivity contribution in [3.63, 3.8) is 0 Å². The number of rotatable bonds is 5. The van der Waals surface area contributed by atoms with E-state index in [0.29, 0.717) is 23.7 Å². The zero-order chi connectivity index (χ0) is 23.8. The molecule has 2 heterocycles. The maximum atomic E-state index is 13.1. The van der Waals surface area contributed by atoms with Crippen LogP contribution in [0.2, 0.25) is 0 Å². The van der Waals surface area contributed by atoms with Crippen molar-refractivity contribution < 1.29 is 35.8 Å². The first-order valence-corrected chi connectivity index (χ1v) is 10.4. The molecule has 0 unspecified atom stereocenters. The lowest BCUT2D eigenvalue weighted by atomic mass is 10.1. The summed E-state index contributed by atoms with van der Waals surface area (Å²) in [5.74, 6) is 1.08. The van der Waals surface area contributed by atoms with Gasteiger partial charge in [-0.05, 0) is 55.2 Å². The van der Waals surface area contributed by atoms with Crippen molar-refractivity contribution in [2.75, 3.05) is 7.11 Å². The molecule has 11 heteroatoms. The van der Waals surface area contributed by atoms with Crippen LogP contribution in [0.5, 0.6) is 11.5 Å².